The zero-order valence-electron chi connectivity index (χ0n) is 13.5. The molecule has 1 heterocycles. The summed E-state index contributed by atoms with van der Waals surface area (Å²) in [6.07, 6.45) is 2.52. The summed E-state index contributed by atoms with van der Waals surface area (Å²) in [5.74, 6) is -0.545. The maximum atomic E-state index is 11.2. The molecule has 122 valence electrons. The second-order valence-corrected chi connectivity index (χ2v) is 7.60. The Hall–Kier alpha value is -0.720. The van der Waals surface area contributed by atoms with Gasteiger partial charge in [0.1, 0.15) is 18.5 Å². The van der Waals surface area contributed by atoms with Gasteiger partial charge in [0, 0.05) is 18.1 Å². The Morgan fingerprint density at radius 2 is 2.09 bits per heavy atom. The Bertz CT molecular complexity index is 592. The van der Waals surface area contributed by atoms with Crippen LogP contribution in [-0.2, 0) is 14.2 Å². The molecule has 4 rings (SSSR count). The van der Waals surface area contributed by atoms with Crippen molar-refractivity contribution in [3.8, 4) is 0 Å². The summed E-state index contributed by atoms with van der Waals surface area (Å²) in [7, 11) is 1.56. The Labute approximate surface area is 130 Å². The van der Waals surface area contributed by atoms with Crippen molar-refractivity contribution in [1.29, 1.82) is 0 Å². The van der Waals surface area contributed by atoms with E-state index in [1.807, 2.05) is 6.08 Å². The first-order chi connectivity index (χ1) is 10.3. The fourth-order valence-electron chi connectivity index (χ4n) is 5.01. The maximum absolute atomic E-state index is 11.2. The van der Waals surface area contributed by atoms with Crippen LogP contribution in [0.15, 0.2) is 22.8 Å². The van der Waals surface area contributed by atoms with Gasteiger partial charge in [0.25, 0.3) is 0 Å². The number of fused-ring (bicyclic) bond motifs is 4. The molecule has 0 spiro atoms. The standard InChI is InChI=1S/C17H24O5/c1-9-10-5-12(10)16(3)11(9)6-13-15(2,18)7-22-17(13,19)14(16)21-8-20-4/h6,10,12,14,18-19H,5,7-8H2,1-4H3/t10-,12-,14-,15?,16-,17?/m1/s1. The number of rotatable bonds is 3. The van der Waals surface area contributed by atoms with Crippen LogP contribution >= 0.6 is 0 Å². The summed E-state index contributed by atoms with van der Waals surface area (Å²) < 4.78 is 16.7. The van der Waals surface area contributed by atoms with E-state index in [-0.39, 0.29) is 18.8 Å². The molecule has 1 saturated heterocycles. The topological polar surface area (TPSA) is 68.2 Å². The van der Waals surface area contributed by atoms with Crippen LogP contribution in [0.3, 0.4) is 0 Å². The van der Waals surface area contributed by atoms with Crippen LogP contribution in [-0.4, -0.2) is 48.2 Å². The van der Waals surface area contributed by atoms with E-state index in [1.54, 1.807) is 14.0 Å². The predicted octanol–water partition coefficient (Wildman–Crippen LogP) is 1.36. The number of ether oxygens (including phenoxy) is 3. The summed E-state index contributed by atoms with van der Waals surface area (Å²) in [5.41, 5.74) is 1.59. The first kappa shape index (κ1) is 14.8. The van der Waals surface area contributed by atoms with Crippen LogP contribution in [0, 0.1) is 17.3 Å². The van der Waals surface area contributed by atoms with Gasteiger partial charge in [0.15, 0.2) is 0 Å². The molecule has 0 aromatic carbocycles. The van der Waals surface area contributed by atoms with E-state index in [0.717, 1.165) is 6.42 Å². The Kier molecular flexibility index (Phi) is 2.85. The molecule has 5 heteroatoms. The molecule has 0 aromatic heterocycles. The van der Waals surface area contributed by atoms with Crippen LogP contribution < -0.4 is 0 Å². The second kappa shape index (κ2) is 4.22. The molecule has 0 bridgehead atoms. The van der Waals surface area contributed by atoms with Crippen molar-refractivity contribution in [2.75, 3.05) is 20.5 Å². The molecule has 0 amide bonds. The number of methoxy groups -OCH3 is 1. The second-order valence-electron chi connectivity index (χ2n) is 7.60. The molecule has 3 aliphatic carbocycles. The summed E-state index contributed by atoms with van der Waals surface area (Å²) in [6.45, 7) is 6.14. The number of hydrogen-bond acceptors (Lipinski definition) is 5. The highest BCUT2D eigenvalue weighted by Gasteiger charge is 2.71. The zero-order valence-corrected chi connectivity index (χ0v) is 13.5. The number of hydrogen-bond donors (Lipinski definition) is 2. The summed E-state index contributed by atoms with van der Waals surface area (Å²) >= 11 is 0. The van der Waals surface area contributed by atoms with E-state index < -0.39 is 17.5 Å². The third kappa shape index (κ3) is 1.56. The van der Waals surface area contributed by atoms with Crippen molar-refractivity contribution in [1.82, 2.24) is 0 Å². The average molecular weight is 308 g/mol. The van der Waals surface area contributed by atoms with Gasteiger partial charge < -0.3 is 24.4 Å². The minimum atomic E-state index is -1.59. The minimum absolute atomic E-state index is 0.0681. The largest absolute Gasteiger partial charge is 0.383 e. The molecule has 4 aliphatic rings. The van der Waals surface area contributed by atoms with E-state index in [1.165, 1.54) is 11.1 Å². The van der Waals surface area contributed by atoms with Crippen LogP contribution in [0.5, 0.6) is 0 Å². The van der Waals surface area contributed by atoms with Crippen LogP contribution in [0.2, 0.25) is 0 Å². The molecule has 6 atom stereocenters. The van der Waals surface area contributed by atoms with Gasteiger partial charge in [0.05, 0.1) is 6.61 Å². The molecule has 22 heavy (non-hydrogen) atoms. The zero-order chi connectivity index (χ0) is 15.9. The lowest BCUT2D eigenvalue weighted by Crippen LogP contribution is -2.58. The Morgan fingerprint density at radius 1 is 1.36 bits per heavy atom. The molecular weight excluding hydrogens is 284 g/mol. The molecule has 1 saturated carbocycles. The van der Waals surface area contributed by atoms with Crippen molar-refractivity contribution >= 4 is 0 Å². The molecule has 0 radical (unpaired) electrons. The summed E-state index contributed by atoms with van der Waals surface area (Å²) in [5, 5.41) is 21.8. The number of aliphatic hydroxyl groups is 2. The van der Waals surface area contributed by atoms with E-state index in [9.17, 15) is 10.2 Å². The lowest BCUT2D eigenvalue weighted by molar-refractivity contribution is -0.269. The summed E-state index contributed by atoms with van der Waals surface area (Å²) in [6, 6.07) is 0. The van der Waals surface area contributed by atoms with Crippen molar-refractivity contribution in [2.45, 2.75) is 44.7 Å². The van der Waals surface area contributed by atoms with Crippen molar-refractivity contribution in [3.63, 3.8) is 0 Å². The molecule has 2 unspecified atom stereocenters. The van der Waals surface area contributed by atoms with Gasteiger partial charge in [-0.2, -0.15) is 0 Å². The first-order valence-corrected chi connectivity index (χ1v) is 7.90. The van der Waals surface area contributed by atoms with Gasteiger partial charge in [-0.1, -0.05) is 18.6 Å². The monoisotopic (exact) mass is 308 g/mol. The van der Waals surface area contributed by atoms with E-state index >= 15 is 0 Å². The predicted molar refractivity (Wildman–Crippen MR) is 78.8 cm³/mol. The van der Waals surface area contributed by atoms with Crippen molar-refractivity contribution < 1.29 is 24.4 Å². The summed E-state index contributed by atoms with van der Waals surface area (Å²) in [4.78, 5) is 0. The fourth-order valence-corrected chi connectivity index (χ4v) is 5.01. The van der Waals surface area contributed by atoms with E-state index in [2.05, 4.69) is 13.8 Å². The van der Waals surface area contributed by atoms with Crippen LogP contribution in [0.1, 0.15) is 27.2 Å². The number of allylic oxidation sites excluding steroid dienone is 2. The van der Waals surface area contributed by atoms with Gasteiger partial charge in [0.2, 0.25) is 5.79 Å². The Morgan fingerprint density at radius 3 is 2.77 bits per heavy atom. The van der Waals surface area contributed by atoms with Crippen LogP contribution in [0.25, 0.3) is 0 Å². The molecule has 0 aromatic rings. The maximum Gasteiger partial charge on any atom is 0.219 e. The highest BCUT2D eigenvalue weighted by Crippen LogP contribution is 2.70. The third-order valence-electron chi connectivity index (χ3n) is 6.20. The third-order valence-corrected chi connectivity index (χ3v) is 6.20. The minimum Gasteiger partial charge on any atom is -0.383 e. The van der Waals surface area contributed by atoms with Gasteiger partial charge in [-0.05, 0) is 37.7 Å². The molecular formula is C17H24O5. The average Bonchev–Trinajstić information content (AvgIpc) is 3.17. The highest BCUT2D eigenvalue weighted by atomic mass is 16.7. The van der Waals surface area contributed by atoms with E-state index in [0.29, 0.717) is 17.4 Å². The molecule has 2 N–H and O–H groups in total. The van der Waals surface area contributed by atoms with Crippen molar-refractivity contribution in [2.24, 2.45) is 17.3 Å². The smallest absolute Gasteiger partial charge is 0.219 e. The molecule has 1 aliphatic heterocycles. The van der Waals surface area contributed by atoms with Gasteiger partial charge in [-0.25, -0.2) is 0 Å². The normalized spacial score (nSPS) is 52.3. The lowest BCUT2D eigenvalue weighted by atomic mass is 9.64. The first-order valence-electron chi connectivity index (χ1n) is 7.90. The molecule has 2 fully saturated rings. The SMILES string of the molecule is COCO[C@H]1C2(O)OCC(C)(O)C2=CC2=C(C)[C@H]3C[C@H]3[C@@]21C. The lowest BCUT2D eigenvalue weighted by Gasteiger charge is -2.48. The quantitative estimate of drug-likeness (QED) is 0.771. The van der Waals surface area contributed by atoms with Gasteiger partial charge in [-0.15, -0.1) is 0 Å². The van der Waals surface area contributed by atoms with Gasteiger partial charge in [-0.3, -0.25) is 0 Å². The van der Waals surface area contributed by atoms with Crippen molar-refractivity contribution in [3.05, 3.63) is 22.8 Å². The van der Waals surface area contributed by atoms with E-state index in [4.69, 9.17) is 14.2 Å². The highest BCUT2D eigenvalue weighted by molar-refractivity contribution is 5.53. The van der Waals surface area contributed by atoms with Gasteiger partial charge >= 0.3 is 0 Å². The Balaban J connectivity index is 1.88. The molecule has 5 nitrogen and oxygen atoms in total. The van der Waals surface area contributed by atoms with Crippen LogP contribution in [0.4, 0.5) is 0 Å². The fraction of sp³-hybridized carbons (Fsp3) is 0.765.